The number of nitrogens with zero attached hydrogens (tertiary/aromatic N) is 1. The highest BCUT2D eigenvalue weighted by Gasteiger charge is 2.49. The summed E-state index contributed by atoms with van der Waals surface area (Å²) in [6.45, 7) is 12.4. The van der Waals surface area contributed by atoms with E-state index in [9.17, 15) is 18.8 Å². The van der Waals surface area contributed by atoms with Gasteiger partial charge in [-0.1, -0.05) is 45.2 Å². The molecule has 3 amide bonds. The van der Waals surface area contributed by atoms with Crippen molar-refractivity contribution >= 4 is 17.7 Å². The van der Waals surface area contributed by atoms with Crippen LogP contribution in [0.5, 0.6) is 0 Å². The van der Waals surface area contributed by atoms with Crippen molar-refractivity contribution in [1.29, 1.82) is 0 Å². The third-order valence-corrected chi connectivity index (χ3v) is 9.55. The lowest BCUT2D eigenvalue weighted by Gasteiger charge is -2.48. The van der Waals surface area contributed by atoms with Crippen LogP contribution >= 0.6 is 0 Å². The smallest absolute Gasteiger partial charge is 0.245 e. The van der Waals surface area contributed by atoms with Gasteiger partial charge in [-0.15, -0.1) is 0 Å². The van der Waals surface area contributed by atoms with Crippen LogP contribution in [0.25, 0.3) is 0 Å². The molecule has 42 heavy (non-hydrogen) atoms. The van der Waals surface area contributed by atoms with Gasteiger partial charge in [0.15, 0.2) is 0 Å². The molecule has 0 bridgehead atoms. The van der Waals surface area contributed by atoms with E-state index < -0.39 is 17.5 Å². The molecule has 4 N–H and O–H groups in total. The molecule has 0 spiro atoms. The van der Waals surface area contributed by atoms with Crippen molar-refractivity contribution in [2.75, 3.05) is 26.2 Å². The third kappa shape index (κ3) is 8.10. The Hall–Kier alpha value is -2.52. The van der Waals surface area contributed by atoms with Gasteiger partial charge in [0, 0.05) is 44.2 Å². The molecule has 8 nitrogen and oxygen atoms in total. The number of halogens is 1. The average Bonchev–Trinajstić information content (AvgIpc) is 2.97. The minimum Gasteiger partial charge on any atom is -0.351 e. The Kier molecular flexibility index (Phi) is 10.7. The Balaban J connectivity index is 1.48. The highest BCUT2D eigenvalue weighted by Crippen LogP contribution is 2.46. The molecule has 9 heteroatoms. The molecule has 1 aliphatic carbocycles. The van der Waals surface area contributed by atoms with Gasteiger partial charge in [0.05, 0.1) is 11.5 Å². The van der Waals surface area contributed by atoms with Gasteiger partial charge in [-0.2, -0.15) is 0 Å². The number of piperidine rings is 1. The number of amides is 3. The maximum absolute atomic E-state index is 14.0. The van der Waals surface area contributed by atoms with E-state index in [1.54, 1.807) is 12.1 Å². The minimum atomic E-state index is -0.779. The molecule has 0 radical (unpaired) electrons. The molecule has 3 atom stereocenters. The topological polar surface area (TPSA) is 103 Å². The van der Waals surface area contributed by atoms with Crippen molar-refractivity contribution in [3.8, 4) is 0 Å². The van der Waals surface area contributed by atoms with E-state index in [-0.39, 0.29) is 35.5 Å². The van der Waals surface area contributed by atoms with E-state index in [1.807, 2.05) is 25.7 Å². The molecule has 234 valence electrons. The first-order valence-corrected chi connectivity index (χ1v) is 16.0. The van der Waals surface area contributed by atoms with Crippen molar-refractivity contribution in [3.05, 3.63) is 35.6 Å². The highest BCUT2D eigenvalue weighted by atomic mass is 19.1. The SMILES string of the molecule is CC(C)[C@@H]1CN[C@H](C(=O)N[C@H](Cc2ccc(F)cc2)C(=O)N2CCC(C(=O)NC(C)(C)C)(C3CCCCC3)CC2)CN1. The largest absolute Gasteiger partial charge is 0.351 e. The molecule has 2 aliphatic heterocycles. The molecule has 1 aromatic carbocycles. The quantitative estimate of drug-likeness (QED) is 0.374. The van der Waals surface area contributed by atoms with Crippen molar-refractivity contribution < 1.29 is 18.8 Å². The second-order valence-electron chi connectivity index (χ2n) is 14.1. The minimum absolute atomic E-state index is 0.112. The summed E-state index contributed by atoms with van der Waals surface area (Å²) in [5, 5.41) is 13.1. The predicted molar refractivity (Wildman–Crippen MR) is 163 cm³/mol. The number of piperazine rings is 1. The van der Waals surface area contributed by atoms with Gasteiger partial charge < -0.3 is 26.2 Å². The van der Waals surface area contributed by atoms with Gasteiger partial charge >= 0.3 is 0 Å². The molecular formula is C33H52FN5O3. The number of carbonyl (C=O) groups excluding carboxylic acids is 3. The Morgan fingerprint density at radius 3 is 2.19 bits per heavy atom. The van der Waals surface area contributed by atoms with Crippen LogP contribution in [-0.4, -0.2) is 72.5 Å². The van der Waals surface area contributed by atoms with Crippen molar-refractivity contribution in [3.63, 3.8) is 0 Å². The van der Waals surface area contributed by atoms with Crippen LogP contribution in [0, 0.1) is 23.1 Å². The summed E-state index contributed by atoms with van der Waals surface area (Å²) in [5.41, 5.74) is -0.0269. The van der Waals surface area contributed by atoms with Gasteiger partial charge in [-0.3, -0.25) is 14.4 Å². The fraction of sp³-hybridized carbons (Fsp3) is 0.727. The lowest BCUT2D eigenvalue weighted by atomic mass is 9.63. The average molecular weight is 586 g/mol. The Morgan fingerprint density at radius 1 is 1.00 bits per heavy atom. The van der Waals surface area contributed by atoms with Crippen LogP contribution in [0.4, 0.5) is 4.39 Å². The van der Waals surface area contributed by atoms with Crippen molar-refractivity contribution in [2.45, 2.75) is 110 Å². The molecule has 2 heterocycles. The number of nitrogens with one attached hydrogen (secondary N) is 4. The summed E-state index contributed by atoms with van der Waals surface area (Å²) in [6, 6.07) is 5.16. The summed E-state index contributed by atoms with van der Waals surface area (Å²) in [7, 11) is 0. The zero-order chi connectivity index (χ0) is 30.5. The summed E-state index contributed by atoms with van der Waals surface area (Å²) >= 11 is 0. The van der Waals surface area contributed by atoms with Crippen LogP contribution in [0.15, 0.2) is 24.3 Å². The zero-order valence-electron chi connectivity index (χ0n) is 26.2. The van der Waals surface area contributed by atoms with E-state index in [1.165, 1.54) is 18.6 Å². The fourth-order valence-corrected chi connectivity index (χ4v) is 6.96. The Bertz CT molecular complexity index is 1060. The molecule has 3 fully saturated rings. The van der Waals surface area contributed by atoms with Crippen LogP contribution in [0.1, 0.15) is 85.1 Å². The van der Waals surface area contributed by atoms with E-state index in [2.05, 4.69) is 35.1 Å². The Morgan fingerprint density at radius 2 is 1.64 bits per heavy atom. The first-order chi connectivity index (χ1) is 19.9. The lowest BCUT2D eigenvalue weighted by Crippen LogP contribution is -2.63. The maximum Gasteiger partial charge on any atom is 0.245 e. The standard InChI is InChI=1S/C33H52FN5O3/c1-22(2)27-20-36-28(21-35-27)29(40)37-26(19-23-11-13-25(34)14-12-23)30(41)39-17-15-33(16-18-39,24-9-7-6-8-10-24)31(42)38-32(3,4)5/h11-14,22,24,26-28,35-36H,6-10,15-21H2,1-5H3,(H,37,40)(H,38,42)/t26-,27+,28+/m1/s1. The second kappa shape index (κ2) is 13.8. The number of carbonyl (C=O) groups is 3. The number of hydrogen-bond donors (Lipinski definition) is 4. The normalized spacial score (nSPS) is 24.2. The van der Waals surface area contributed by atoms with Crippen molar-refractivity contribution in [2.24, 2.45) is 17.3 Å². The van der Waals surface area contributed by atoms with Gasteiger partial charge in [0.2, 0.25) is 17.7 Å². The fourth-order valence-electron chi connectivity index (χ4n) is 6.96. The third-order valence-electron chi connectivity index (χ3n) is 9.55. The van der Waals surface area contributed by atoms with Crippen LogP contribution in [0.3, 0.4) is 0 Å². The molecule has 4 rings (SSSR count). The molecule has 1 aromatic rings. The summed E-state index contributed by atoms with van der Waals surface area (Å²) in [6.07, 6.45) is 7.11. The summed E-state index contributed by atoms with van der Waals surface area (Å²) < 4.78 is 13.6. The van der Waals surface area contributed by atoms with Gasteiger partial charge in [-0.25, -0.2) is 4.39 Å². The second-order valence-corrected chi connectivity index (χ2v) is 14.1. The first kappa shape index (κ1) is 32.4. The zero-order valence-corrected chi connectivity index (χ0v) is 26.2. The van der Waals surface area contributed by atoms with E-state index in [0.29, 0.717) is 56.9 Å². The summed E-state index contributed by atoms with van der Waals surface area (Å²) in [5.74, 6) is 0.167. The molecule has 0 unspecified atom stereocenters. The highest BCUT2D eigenvalue weighted by molar-refractivity contribution is 5.90. The van der Waals surface area contributed by atoms with Gasteiger partial charge in [-0.05, 0) is 76.0 Å². The molecular weight excluding hydrogens is 533 g/mol. The van der Waals surface area contributed by atoms with Gasteiger partial charge in [0.1, 0.15) is 11.9 Å². The van der Waals surface area contributed by atoms with Crippen LogP contribution < -0.4 is 21.3 Å². The summed E-state index contributed by atoms with van der Waals surface area (Å²) in [4.78, 5) is 43.0. The van der Waals surface area contributed by atoms with Crippen LogP contribution in [0.2, 0.25) is 0 Å². The number of likely N-dealkylation sites (tertiary alicyclic amines) is 1. The van der Waals surface area contributed by atoms with Crippen molar-refractivity contribution in [1.82, 2.24) is 26.2 Å². The number of benzene rings is 1. The number of rotatable bonds is 8. The number of hydrogen-bond acceptors (Lipinski definition) is 5. The van der Waals surface area contributed by atoms with Crippen LogP contribution in [-0.2, 0) is 20.8 Å². The van der Waals surface area contributed by atoms with E-state index in [0.717, 1.165) is 31.2 Å². The van der Waals surface area contributed by atoms with E-state index in [4.69, 9.17) is 0 Å². The van der Waals surface area contributed by atoms with E-state index >= 15 is 0 Å². The monoisotopic (exact) mass is 585 g/mol. The molecule has 2 saturated heterocycles. The first-order valence-electron chi connectivity index (χ1n) is 16.0. The predicted octanol–water partition coefficient (Wildman–Crippen LogP) is 3.54. The molecule has 1 saturated carbocycles. The van der Waals surface area contributed by atoms with Gasteiger partial charge in [0.25, 0.3) is 0 Å². The molecule has 0 aromatic heterocycles. The Labute approximate surface area is 251 Å². The lowest BCUT2D eigenvalue weighted by molar-refractivity contribution is -0.147. The molecule has 3 aliphatic rings. The maximum atomic E-state index is 14.0.